The summed E-state index contributed by atoms with van der Waals surface area (Å²) in [5.74, 6) is 0. The Kier molecular flexibility index (Phi) is 9.55. The number of rotatable bonds is 8. The summed E-state index contributed by atoms with van der Waals surface area (Å²) in [6.45, 7) is 26.0. The largest absolute Gasteiger partial charge is 0.414 e. The van der Waals surface area contributed by atoms with Crippen molar-refractivity contribution < 1.29 is 26.2 Å². The first-order chi connectivity index (χ1) is 19.3. The van der Waals surface area contributed by atoms with Gasteiger partial charge >= 0.3 is 5.69 Å². The van der Waals surface area contributed by atoms with Crippen LogP contribution in [0.15, 0.2) is 38.5 Å². The lowest BCUT2D eigenvalue weighted by Gasteiger charge is -2.43. The second kappa shape index (κ2) is 11.5. The fourth-order valence-electron chi connectivity index (χ4n) is 4.59. The molecule has 3 rings (SSSR count). The predicted molar refractivity (Wildman–Crippen MR) is 173 cm³/mol. The van der Waals surface area contributed by atoms with Gasteiger partial charge in [-0.2, -0.15) is 8.42 Å². The Morgan fingerprint density at radius 3 is 2.09 bits per heavy atom. The molecule has 0 radical (unpaired) electrons. The zero-order valence-electron chi connectivity index (χ0n) is 28.0. The molecular weight excluding hydrogens is 607 g/mol. The monoisotopic (exact) mass is 657 g/mol. The van der Waals surface area contributed by atoms with E-state index in [1.165, 1.54) is 10.8 Å². The van der Waals surface area contributed by atoms with Crippen molar-refractivity contribution in [3.63, 3.8) is 0 Å². The van der Waals surface area contributed by atoms with Crippen molar-refractivity contribution in [2.24, 2.45) is 5.73 Å². The average molecular weight is 658 g/mol. The molecule has 0 amide bonds. The van der Waals surface area contributed by atoms with E-state index in [9.17, 15) is 18.0 Å². The van der Waals surface area contributed by atoms with E-state index in [1.54, 1.807) is 13.0 Å². The first-order valence-electron chi connectivity index (χ1n) is 14.6. The summed E-state index contributed by atoms with van der Waals surface area (Å²) >= 11 is 0. The molecule has 1 unspecified atom stereocenters. The summed E-state index contributed by atoms with van der Waals surface area (Å²) in [5.41, 5.74) is 4.89. The highest BCUT2D eigenvalue weighted by Crippen LogP contribution is 2.52. The first-order valence-corrected chi connectivity index (χ1v) is 21.9. The molecule has 11 nitrogen and oxygen atoms in total. The van der Waals surface area contributed by atoms with E-state index >= 15 is 0 Å². The molecule has 1 aromatic rings. The van der Waals surface area contributed by atoms with Gasteiger partial charge in [0.15, 0.2) is 28.5 Å². The average Bonchev–Trinajstić information content (AvgIpc) is 3.24. The number of nitrogens with zero attached hydrogens (tertiary/aromatic N) is 2. The molecule has 43 heavy (non-hydrogen) atoms. The summed E-state index contributed by atoms with van der Waals surface area (Å²) in [5, 5.41) is 0.449. The van der Waals surface area contributed by atoms with E-state index in [-0.39, 0.29) is 28.9 Å². The molecule has 14 heteroatoms. The molecule has 2 aliphatic heterocycles. The van der Waals surface area contributed by atoms with E-state index in [1.807, 2.05) is 26.9 Å². The third kappa shape index (κ3) is 6.75. The summed E-state index contributed by atoms with van der Waals surface area (Å²) in [6.07, 6.45) is -0.144. The summed E-state index contributed by atoms with van der Waals surface area (Å²) in [4.78, 5) is 27.0. The Balaban J connectivity index is 2.31. The summed E-state index contributed by atoms with van der Waals surface area (Å²) in [6, 6.07) is 0. The number of allylic oxidation sites excluding steroid dienone is 2. The number of aromatic nitrogens is 2. The standard InChI is InChI=1S/C29H51N3O8SSi2/c1-19(2)14-15-31-24(33)20(3)16-32(26(31)34)25-23(39-43(12,13)28(7,8)9)29(21(30)18-41(35,36)40-29)22(38-25)17-37-42(10,11)27(4,5)6/h14,16,18,22-23,25H,15,17,30H2,1-13H3/t22-,23+,25-,29?/m1/s1. The minimum Gasteiger partial charge on any atom is -0.414 e. The van der Waals surface area contributed by atoms with Gasteiger partial charge in [-0.1, -0.05) is 53.2 Å². The number of hydrogen-bond donors (Lipinski definition) is 1. The molecule has 0 aliphatic carbocycles. The van der Waals surface area contributed by atoms with Gasteiger partial charge in [-0.3, -0.25) is 13.9 Å². The van der Waals surface area contributed by atoms with Crippen LogP contribution in [0.25, 0.3) is 0 Å². The maximum absolute atomic E-state index is 14.0. The molecule has 3 heterocycles. The zero-order chi connectivity index (χ0) is 33.1. The minimum absolute atomic E-state index is 0.0421. The highest BCUT2D eigenvalue weighted by Gasteiger charge is 2.67. The lowest BCUT2D eigenvalue weighted by Crippen LogP contribution is -2.59. The molecule has 2 N–H and O–H groups in total. The fourth-order valence-corrected chi connectivity index (χ4v) is 8.10. The van der Waals surface area contributed by atoms with Gasteiger partial charge in [-0.15, -0.1) is 0 Å². The van der Waals surface area contributed by atoms with Crippen LogP contribution in [0.1, 0.15) is 67.2 Å². The molecular formula is C29H51N3O8SSi2. The topological polar surface area (TPSA) is 141 Å². The third-order valence-corrected chi connectivity index (χ3v) is 19.4. The molecule has 2 aliphatic rings. The third-order valence-electron chi connectivity index (χ3n) is 9.39. The molecule has 0 bridgehead atoms. The Morgan fingerprint density at radius 1 is 1.07 bits per heavy atom. The van der Waals surface area contributed by atoms with Crippen LogP contribution in [0.3, 0.4) is 0 Å². The van der Waals surface area contributed by atoms with Crippen molar-refractivity contribution >= 4 is 26.8 Å². The van der Waals surface area contributed by atoms with E-state index < -0.39 is 62.0 Å². The van der Waals surface area contributed by atoms with E-state index in [2.05, 4.69) is 54.6 Å². The van der Waals surface area contributed by atoms with Crippen molar-refractivity contribution in [3.8, 4) is 0 Å². The normalized spacial score (nSPS) is 26.2. The predicted octanol–water partition coefficient (Wildman–Crippen LogP) is 4.49. The second-order valence-corrected chi connectivity index (χ2v) is 26.0. The zero-order valence-corrected chi connectivity index (χ0v) is 30.8. The van der Waals surface area contributed by atoms with Crippen LogP contribution in [0.4, 0.5) is 0 Å². The van der Waals surface area contributed by atoms with Gasteiger partial charge in [-0.25, -0.2) is 8.98 Å². The molecule has 0 aromatic carbocycles. The van der Waals surface area contributed by atoms with Gasteiger partial charge in [-0.05, 0) is 57.0 Å². The number of hydrogen-bond acceptors (Lipinski definition) is 9. The van der Waals surface area contributed by atoms with Gasteiger partial charge in [0.2, 0.25) is 0 Å². The van der Waals surface area contributed by atoms with E-state index in [0.717, 1.165) is 15.5 Å². The quantitative estimate of drug-likeness (QED) is 0.243. The summed E-state index contributed by atoms with van der Waals surface area (Å²) < 4.78 is 54.4. The fraction of sp³-hybridized carbons (Fsp3) is 0.724. The van der Waals surface area contributed by atoms with Crippen LogP contribution in [0.5, 0.6) is 0 Å². The Labute approximate surface area is 258 Å². The van der Waals surface area contributed by atoms with Crippen LogP contribution in [-0.2, 0) is 34.4 Å². The first kappa shape index (κ1) is 35.7. The molecule has 1 fully saturated rings. The highest BCUT2D eigenvalue weighted by molar-refractivity contribution is 7.90. The van der Waals surface area contributed by atoms with Gasteiger partial charge in [0.1, 0.15) is 12.2 Å². The van der Waals surface area contributed by atoms with Crippen LogP contribution in [0.2, 0.25) is 36.3 Å². The highest BCUT2D eigenvalue weighted by atomic mass is 32.2. The molecule has 244 valence electrons. The lowest BCUT2D eigenvalue weighted by atomic mass is 9.89. The van der Waals surface area contributed by atoms with Crippen LogP contribution in [0, 0.1) is 6.92 Å². The minimum atomic E-state index is -4.21. The van der Waals surface area contributed by atoms with Crippen LogP contribution in [-0.4, -0.2) is 58.6 Å². The van der Waals surface area contributed by atoms with E-state index in [0.29, 0.717) is 5.56 Å². The Bertz CT molecular complexity index is 1530. The molecule has 1 spiro atoms. The maximum atomic E-state index is 14.0. The van der Waals surface area contributed by atoms with Crippen LogP contribution < -0.4 is 17.0 Å². The number of nitrogens with two attached hydrogens (primary N) is 1. The Hall–Kier alpha value is -1.82. The van der Waals surface area contributed by atoms with Crippen molar-refractivity contribution in [2.75, 3.05) is 6.61 Å². The van der Waals surface area contributed by atoms with Crippen LogP contribution >= 0.6 is 0 Å². The smallest absolute Gasteiger partial charge is 0.333 e. The molecule has 4 atom stereocenters. The maximum Gasteiger partial charge on any atom is 0.333 e. The molecule has 1 saturated heterocycles. The van der Waals surface area contributed by atoms with Gasteiger partial charge < -0.3 is 19.3 Å². The lowest BCUT2D eigenvalue weighted by molar-refractivity contribution is -0.0567. The van der Waals surface area contributed by atoms with Crippen molar-refractivity contribution in [2.45, 2.75) is 129 Å². The Morgan fingerprint density at radius 2 is 1.63 bits per heavy atom. The van der Waals surface area contributed by atoms with Crippen molar-refractivity contribution in [3.05, 3.63) is 55.4 Å². The SMILES string of the molecule is CC(C)=CCn1c(=O)c(C)cn([C@@H]2O[C@H](CO[Si](C)(C)C(C)(C)C)C3(OS(=O)(=O)C=C3N)[C@H]2O[Si](C)(C)C(C)(C)C)c1=O. The molecule has 1 aromatic heterocycles. The van der Waals surface area contributed by atoms with Gasteiger partial charge in [0.25, 0.3) is 15.7 Å². The summed E-state index contributed by atoms with van der Waals surface area (Å²) in [7, 11) is -9.24. The molecule has 0 saturated carbocycles. The van der Waals surface area contributed by atoms with E-state index in [4.69, 9.17) is 23.5 Å². The van der Waals surface area contributed by atoms with Gasteiger partial charge in [0, 0.05) is 18.3 Å². The van der Waals surface area contributed by atoms with Crippen molar-refractivity contribution in [1.82, 2.24) is 9.13 Å². The second-order valence-electron chi connectivity index (χ2n) is 15.0. The number of ether oxygens (including phenoxy) is 1. The van der Waals surface area contributed by atoms with Crippen molar-refractivity contribution in [1.29, 1.82) is 0 Å². The van der Waals surface area contributed by atoms with Gasteiger partial charge in [0.05, 0.1) is 17.7 Å². The number of aryl methyl sites for hydroxylation is 1.